The summed E-state index contributed by atoms with van der Waals surface area (Å²) in [5.41, 5.74) is 31.8. The second kappa shape index (κ2) is 31.4. The van der Waals surface area contributed by atoms with Crippen molar-refractivity contribution in [1.82, 2.24) is 9.13 Å². The van der Waals surface area contributed by atoms with E-state index in [9.17, 15) is 0 Å². The maximum absolute atomic E-state index is 3.67. The van der Waals surface area contributed by atoms with Crippen molar-refractivity contribution < 1.29 is 0 Å². The van der Waals surface area contributed by atoms with Gasteiger partial charge in [-0.2, -0.15) is 0 Å². The van der Waals surface area contributed by atoms with E-state index in [4.69, 9.17) is 0 Å². The van der Waals surface area contributed by atoms with Gasteiger partial charge in [-0.05, 0) is 268 Å². The Hall–Kier alpha value is -15.4. The van der Waals surface area contributed by atoms with Crippen LogP contribution >= 0.6 is 15.9 Å². The zero-order chi connectivity index (χ0) is 81.8. The predicted octanol–water partition coefficient (Wildman–Crippen LogP) is 31.6. The Balaban J connectivity index is 0.000000125. The number of halogens is 1. The fourth-order valence-corrected chi connectivity index (χ4v) is 20.1. The lowest BCUT2D eigenvalue weighted by molar-refractivity contribution is 0.770. The van der Waals surface area contributed by atoms with Gasteiger partial charge in [-0.3, -0.25) is 0 Å². The Morgan fingerprint density at radius 3 is 1.07 bits per heavy atom. The summed E-state index contributed by atoms with van der Waals surface area (Å²) in [6, 6.07) is 176. The zero-order valence-corrected chi connectivity index (χ0v) is 69.0. The first-order valence-electron chi connectivity index (χ1n) is 42.2. The molecule has 123 heavy (non-hydrogen) atoms. The monoisotopic (exact) mass is 1630 g/mol. The average molecular weight is 1630 g/mol. The summed E-state index contributed by atoms with van der Waals surface area (Å²) >= 11 is 3.57. The van der Waals surface area contributed by atoms with Crippen LogP contribution in [-0.2, 0) is 10.8 Å². The van der Waals surface area contributed by atoms with Gasteiger partial charge < -0.3 is 19.4 Å². The normalized spacial score (nSPS) is 14.1. The number of nitrogens with zero attached hydrogens (tertiary/aromatic N) is 3. The fourth-order valence-electron chi connectivity index (χ4n) is 19.8. The van der Waals surface area contributed by atoms with Crippen LogP contribution in [-0.4, -0.2) is 9.13 Å². The molecule has 0 saturated carbocycles. The molecular formula is C118H81BrN4. The topological polar surface area (TPSA) is 25.1 Å². The highest BCUT2D eigenvalue weighted by atomic mass is 79.9. The van der Waals surface area contributed by atoms with Crippen molar-refractivity contribution in [3.8, 4) is 55.9 Å². The van der Waals surface area contributed by atoms with Crippen LogP contribution in [0.1, 0.15) is 44.5 Å². The first-order chi connectivity index (χ1) is 60.9. The van der Waals surface area contributed by atoms with E-state index in [1.54, 1.807) is 0 Å². The lowest BCUT2D eigenvalue weighted by Gasteiger charge is -2.35. The summed E-state index contributed by atoms with van der Waals surface area (Å²) in [6.07, 6.45) is 0. The van der Waals surface area contributed by atoms with Crippen LogP contribution in [0.15, 0.2) is 490 Å². The summed E-state index contributed by atoms with van der Waals surface area (Å²) in [6.45, 7) is 0. The number of hydrogen-bond acceptors (Lipinski definition) is 2. The van der Waals surface area contributed by atoms with E-state index in [2.05, 4.69) is 515 Å². The van der Waals surface area contributed by atoms with Crippen LogP contribution in [0.3, 0.4) is 0 Å². The maximum Gasteiger partial charge on any atom is 0.0714 e. The third kappa shape index (κ3) is 12.9. The van der Waals surface area contributed by atoms with E-state index < -0.39 is 10.8 Å². The van der Waals surface area contributed by atoms with Crippen LogP contribution in [0.5, 0.6) is 0 Å². The Morgan fingerprint density at radius 2 is 0.569 bits per heavy atom. The summed E-state index contributed by atoms with van der Waals surface area (Å²) in [4.78, 5) is 2.43. The molecule has 2 heterocycles. The van der Waals surface area contributed by atoms with Crippen molar-refractivity contribution >= 4 is 110 Å². The van der Waals surface area contributed by atoms with Crippen molar-refractivity contribution in [3.63, 3.8) is 0 Å². The Kier molecular flexibility index (Phi) is 18.9. The molecule has 22 aromatic rings. The maximum atomic E-state index is 3.67. The molecule has 20 aromatic carbocycles. The Labute approximate surface area is 724 Å². The average Bonchev–Trinajstić information content (AvgIpc) is 1.54. The molecule has 580 valence electrons. The van der Waals surface area contributed by atoms with Gasteiger partial charge in [-0.1, -0.05) is 344 Å². The van der Waals surface area contributed by atoms with Gasteiger partial charge in [0.05, 0.1) is 32.9 Å². The van der Waals surface area contributed by atoms with E-state index in [1.165, 1.54) is 160 Å². The number of benzene rings is 20. The van der Waals surface area contributed by atoms with E-state index in [-0.39, 0.29) is 0 Å². The lowest BCUT2D eigenvalue weighted by atomic mass is 9.67. The minimum absolute atomic E-state index is 0.491. The van der Waals surface area contributed by atoms with Gasteiger partial charge >= 0.3 is 0 Å². The summed E-state index contributed by atoms with van der Waals surface area (Å²) in [7, 11) is 0. The van der Waals surface area contributed by atoms with Crippen LogP contribution in [0, 0.1) is 0 Å². The molecule has 2 aliphatic carbocycles. The molecule has 0 radical (unpaired) electrons. The second-order valence-electron chi connectivity index (χ2n) is 32.0. The van der Waals surface area contributed by atoms with Gasteiger partial charge in [0.2, 0.25) is 0 Å². The van der Waals surface area contributed by atoms with E-state index >= 15 is 0 Å². The fraction of sp³-hybridized carbons (Fsp3) is 0.0169. The number of aromatic nitrogens is 2. The van der Waals surface area contributed by atoms with Crippen LogP contribution in [0.4, 0.5) is 28.4 Å². The van der Waals surface area contributed by atoms with Crippen LogP contribution in [0.2, 0.25) is 0 Å². The van der Waals surface area contributed by atoms with Crippen molar-refractivity contribution in [1.29, 1.82) is 0 Å². The van der Waals surface area contributed by atoms with Crippen LogP contribution in [0.25, 0.3) is 121 Å². The third-order valence-corrected chi connectivity index (χ3v) is 25.6. The molecule has 0 fully saturated rings. The number of hydrogen-bond donors (Lipinski definition) is 1. The third-order valence-electron chi connectivity index (χ3n) is 25.1. The van der Waals surface area contributed by atoms with Crippen molar-refractivity contribution in [3.05, 3.63) is 534 Å². The predicted molar refractivity (Wildman–Crippen MR) is 521 cm³/mol. The number of anilines is 5. The van der Waals surface area contributed by atoms with Gasteiger partial charge in [0.15, 0.2) is 0 Å². The van der Waals surface area contributed by atoms with Crippen molar-refractivity contribution in [2.75, 3.05) is 10.2 Å². The Morgan fingerprint density at radius 1 is 0.211 bits per heavy atom. The molecule has 0 amide bonds. The van der Waals surface area contributed by atoms with E-state index in [1.807, 2.05) is 6.07 Å². The molecule has 2 atom stereocenters. The minimum Gasteiger partial charge on any atom is -0.356 e. The largest absolute Gasteiger partial charge is 0.356 e. The molecule has 24 rings (SSSR count). The molecule has 0 bridgehead atoms. The van der Waals surface area contributed by atoms with E-state index in [0.717, 1.165) is 38.6 Å². The highest BCUT2D eigenvalue weighted by Gasteiger charge is 2.49. The SMILES string of the molecule is Brc1ccc2c(c1)c1ccccc1n2-c1ccccc1.c1ccc(-c2cccc(C3(c4ccccc4)c4cc(N(c5ccccc5)c5ccc6c(c5)c5ccccc5n6-c5ccccc5)ccc4-c4cc5ccccc5cc43)c2)cc1.c1ccc(Nc2ccc3c(c2)C(c2ccccc2)(c2cccc(-c4ccccc4)c2)c2cc4ccccc4cc2-3)cc1. The van der Waals surface area contributed by atoms with Gasteiger partial charge in [0, 0.05) is 65.8 Å². The molecule has 2 unspecified atom stereocenters. The first-order valence-corrected chi connectivity index (χ1v) is 43.0. The number of fused-ring (bicyclic) bond motifs is 14. The first kappa shape index (κ1) is 73.9. The zero-order valence-electron chi connectivity index (χ0n) is 67.4. The standard InChI is InChI=1S/C59H40N2.C41H29N.C18H12BrN/c1-5-18-41(19-6-1)42-22-17-25-46(36-42)59(45-23-7-2-8-24-45)55-38-44-21-14-13-20-43(44)37-53(55)51-34-32-50(40-56(51)59)60(47-26-9-3-10-27-47)49-33-35-58-54(39-49)52-30-15-16-31-57(52)61(58)48-28-11-4-12-29-48;1-4-13-29(14-5-1)30-17-12-20-34(25-30)41(33-18-6-2-7-19-33)39-27-32-16-11-10-15-31(32)26-38(39)37-24-23-36(28-40(37)41)42-35-21-8-3-9-22-35;19-13-10-11-18-16(12-13)15-8-4-5-9-17(15)20(18)14-6-2-1-3-7-14/h1-40H;1-28,42H;1-12H. The van der Waals surface area contributed by atoms with E-state index in [0.29, 0.717) is 0 Å². The second-order valence-corrected chi connectivity index (χ2v) is 32.9. The van der Waals surface area contributed by atoms with Gasteiger partial charge in [-0.25, -0.2) is 0 Å². The molecule has 0 spiro atoms. The van der Waals surface area contributed by atoms with Gasteiger partial charge in [-0.15, -0.1) is 0 Å². The summed E-state index contributed by atoms with van der Waals surface area (Å²) in [5, 5.41) is 13.7. The molecule has 5 heteroatoms. The highest BCUT2D eigenvalue weighted by Crippen LogP contribution is 2.61. The summed E-state index contributed by atoms with van der Waals surface area (Å²) < 4.78 is 5.81. The highest BCUT2D eigenvalue weighted by molar-refractivity contribution is 9.10. The quantitative estimate of drug-likeness (QED) is 0.124. The number of rotatable bonds is 13. The molecule has 0 saturated heterocycles. The minimum atomic E-state index is -0.605. The van der Waals surface area contributed by atoms with Gasteiger partial charge in [0.1, 0.15) is 0 Å². The van der Waals surface area contributed by atoms with Gasteiger partial charge in [0.25, 0.3) is 0 Å². The summed E-state index contributed by atoms with van der Waals surface area (Å²) in [5.74, 6) is 0. The lowest BCUT2D eigenvalue weighted by Crippen LogP contribution is -2.29. The van der Waals surface area contributed by atoms with Crippen molar-refractivity contribution in [2.45, 2.75) is 10.8 Å². The molecular weight excluding hydrogens is 1550 g/mol. The smallest absolute Gasteiger partial charge is 0.0714 e. The molecule has 0 aliphatic heterocycles. The molecule has 2 aromatic heterocycles. The van der Waals surface area contributed by atoms with Crippen molar-refractivity contribution in [2.24, 2.45) is 0 Å². The number of nitrogens with one attached hydrogen (secondary N) is 1. The van der Waals surface area contributed by atoms with Crippen LogP contribution < -0.4 is 10.2 Å². The Bertz CT molecular complexity index is 7700. The molecule has 1 N–H and O–H groups in total. The number of para-hydroxylation sites is 6. The molecule has 4 nitrogen and oxygen atoms in total. The molecule has 2 aliphatic rings.